The van der Waals surface area contributed by atoms with E-state index in [9.17, 15) is 20.2 Å². The quantitative estimate of drug-likeness (QED) is 0.161. The normalized spacial score (nSPS) is 11.4. The Morgan fingerprint density at radius 1 is 1.21 bits per heavy atom. The maximum atomic E-state index is 12.5. The van der Waals surface area contributed by atoms with Crippen molar-refractivity contribution in [1.29, 1.82) is 5.26 Å². The lowest BCUT2D eigenvalue weighted by atomic mass is 10.1. The maximum absolute atomic E-state index is 12.5. The first-order chi connectivity index (χ1) is 16.5. The standard InChI is InChI=1S/C24H13N5O4S/c25-11-16(8-17-12-26-28-22(17)15-5-3-6-18(9-15)29(31)32)23-27-20(13-34-23)19-10-14-4-1-2-7-21(14)33-24(19)30/h1-10,12-13H,(H,26,28). The van der Waals surface area contributed by atoms with Gasteiger partial charge < -0.3 is 4.42 Å². The number of fused-ring (bicyclic) bond motifs is 1. The summed E-state index contributed by atoms with van der Waals surface area (Å²) in [6, 6.07) is 17.1. The smallest absolute Gasteiger partial charge is 0.345 e. The van der Waals surface area contributed by atoms with Crippen LogP contribution in [0.4, 0.5) is 5.69 Å². The van der Waals surface area contributed by atoms with Gasteiger partial charge >= 0.3 is 5.63 Å². The van der Waals surface area contributed by atoms with Crippen LogP contribution in [0, 0.1) is 21.4 Å². The second-order valence-electron chi connectivity index (χ2n) is 7.20. The number of benzene rings is 2. The first-order valence-corrected chi connectivity index (χ1v) is 10.8. The van der Waals surface area contributed by atoms with Gasteiger partial charge in [0.2, 0.25) is 0 Å². The van der Waals surface area contributed by atoms with E-state index in [2.05, 4.69) is 21.3 Å². The molecular weight excluding hydrogens is 454 g/mol. The van der Waals surface area contributed by atoms with Crippen molar-refractivity contribution in [3.05, 3.63) is 97.3 Å². The van der Waals surface area contributed by atoms with Gasteiger partial charge in [-0.2, -0.15) is 10.4 Å². The Bertz CT molecular complexity index is 1690. The predicted octanol–water partition coefficient (Wildman–Crippen LogP) is 5.28. The summed E-state index contributed by atoms with van der Waals surface area (Å²) in [7, 11) is 0. The number of non-ortho nitro benzene ring substituents is 1. The van der Waals surface area contributed by atoms with Crippen molar-refractivity contribution < 1.29 is 9.34 Å². The van der Waals surface area contributed by atoms with Crippen LogP contribution in [0.2, 0.25) is 0 Å². The first-order valence-electron chi connectivity index (χ1n) is 9.92. The Balaban J connectivity index is 1.53. The van der Waals surface area contributed by atoms with E-state index in [0.717, 1.165) is 5.39 Å². The molecule has 0 radical (unpaired) electrons. The number of nitrogens with one attached hydrogen (secondary N) is 1. The van der Waals surface area contributed by atoms with Crippen LogP contribution in [0.1, 0.15) is 10.6 Å². The van der Waals surface area contributed by atoms with Gasteiger partial charge in [-0.25, -0.2) is 9.78 Å². The summed E-state index contributed by atoms with van der Waals surface area (Å²) in [5.74, 6) is 0. The summed E-state index contributed by atoms with van der Waals surface area (Å²) in [6.45, 7) is 0. The van der Waals surface area contributed by atoms with Crippen molar-refractivity contribution in [3.63, 3.8) is 0 Å². The largest absolute Gasteiger partial charge is 0.422 e. The van der Waals surface area contributed by atoms with E-state index < -0.39 is 10.5 Å². The number of thiazole rings is 1. The van der Waals surface area contributed by atoms with Crippen LogP contribution in [0.5, 0.6) is 0 Å². The third kappa shape index (κ3) is 3.87. The third-order valence-corrected chi connectivity index (χ3v) is 5.96. The number of nitrogens with zero attached hydrogens (tertiary/aromatic N) is 4. The average Bonchev–Trinajstić information content (AvgIpc) is 3.52. The van der Waals surface area contributed by atoms with Crippen molar-refractivity contribution in [2.24, 2.45) is 0 Å². The summed E-state index contributed by atoms with van der Waals surface area (Å²) in [4.78, 5) is 27.6. The zero-order valence-corrected chi connectivity index (χ0v) is 18.1. The molecule has 0 unspecified atom stereocenters. The van der Waals surface area contributed by atoms with E-state index in [1.54, 1.807) is 41.8 Å². The maximum Gasteiger partial charge on any atom is 0.345 e. The van der Waals surface area contributed by atoms with Crippen molar-refractivity contribution >= 4 is 39.6 Å². The molecule has 0 spiro atoms. The molecule has 0 atom stereocenters. The Kier molecular flexibility index (Phi) is 5.29. The van der Waals surface area contributed by atoms with Gasteiger partial charge in [0.25, 0.3) is 5.69 Å². The highest BCUT2D eigenvalue weighted by Crippen LogP contribution is 2.30. The minimum absolute atomic E-state index is 0.0543. The molecule has 5 aromatic rings. The van der Waals surface area contributed by atoms with E-state index in [-0.39, 0.29) is 11.3 Å². The van der Waals surface area contributed by atoms with E-state index >= 15 is 0 Å². The van der Waals surface area contributed by atoms with Gasteiger partial charge in [0.1, 0.15) is 16.7 Å². The number of nitriles is 1. The Morgan fingerprint density at radius 3 is 2.88 bits per heavy atom. The molecule has 0 aliphatic rings. The highest BCUT2D eigenvalue weighted by atomic mass is 32.1. The lowest BCUT2D eigenvalue weighted by Gasteiger charge is -2.01. The molecule has 2 aromatic carbocycles. The topological polar surface area (TPSA) is 139 Å². The zero-order chi connectivity index (χ0) is 23.7. The number of hydrogen-bond acceptors (Lipinski definition) is 8. The molecule has 0 saturated heterocycles. The van der Waals surface area contributed by atoms with Crippen LogP contribution in [-0.2, 0) is 0 Å². The number of nitro benzene ring substituents is 1. The number of para-hydroxylation sites is 1. The fourth-order valence-electron chi connectivity index (χ4n) is 3.47. The van der Waals surface area contributed by atoms with Crippen LogP contribution >= 0.6 is 11.3 Å². The van der Waals surface area contributed by atoms with Gasteiger partial charge in [0, 0.05) is 34.0 Å². The van der Waals surface area contributed by atoms with Gasteiger partial charge in [-0.15, -0.1) is 11.3 Å². The summed E-state index contributed by atoms with van der Waals surface area (Å²) >= 11 is 1.22. The number of H-pyrrole nitrogens is 1. The SMILES string of the molecule is N#CC(=Cc1cn[nH]c1-c1cccc([N+](=O)[O-])c1)c1nc(-c2cc3ccccc3oc2=O)cs1. The van der Waals surface area contributed by atoms with Crippen LogP contribution in [0.3, 0.4) is 0 Å². The molecule has 164 valence electrons. The number of aromatic nitrogens is 3. The molecule has 5 rings (SSSR count). The van der Waals surface area contributed by atoms with Gasteiger partial charge in [0.15, 0.2) is 0 Å². The number of rotatable bonds is 5. The monoisotopic (exact) mass is 467 g/mol. The molecule has 10 heteroatoms. The van der Waals surface area contributed by atoms with E-state index in [0.29, 0.717) is 38.7 Å². The van der Waals surface area contributed by atoms with Gasteiger partial charge in [-0.05, 0) is 18.2 Å². The molecule has 0 aliphatic heterocycles. The second kappa shape index (κ2) is 8.57. The van der Waals surface area contributed by atoms with Gasteiger partial charge in [-0.3, -0.25) is 15.2 Å². The molecular formula is C24H13N5O4S. The van der Waals surface area contributed by atoms with Crippen molar-refractivity contribution in [2.75, 3.05) is 0 Å². The lowest BCUT2D eigenvalue weighted by molar-refractivity contribution is -0.384. The van der Waals surface area contributed by atoms with Crippen LogP contribution in [0.15, 0.2) is 75.4 Å². The first kappa shape index (κ1) is 21.0. The number of hydrogen-bond donors (Lipinski definition) is 1. The van der Waals surface area contributed by atoms with E-state index in [4.69, 9.17) is 4.42 Å². The number of allylic oxidation sites excluding steroid dienone is 1. The molecule has 3 aromatic heterocycles. The molecule has 1 N–H and O–H groups in total. The average molecular weight is 467 g/mol. The zero-order valence-electron chi connectivity index (χ0n) is 17.3. The Morgan fingerprint density at radius 2 is 2.06 bits per heavy atom. The molecule has 34 heavy (non-hydrogen) atoms. The predicted molar refractivity (Wildman–Crippen MR) is 128 cm³/mol. The summed E-state index contributed by atoms with van der Waals surface area (Å²) in [6.07, 6.45) is 3.13. The van der Waals surface area contributed by atoms with Gasteiger partial charge in [0.05, 0.1) is 33.6 Å². The minimum atomic E-state index is -0.513. The molecule has 0 amide bonds. The molecule has 9 nitrogen and oxygen atoms in total. The molecule has 3 heterocycles. The fourth-order valence-corrected chi connectivity index (χ4v) is 4.26. The third-order valence-electron chi connectivity index (χ3n) is 5.09. The molecule has 0 fully saturated rings. The lowest BCUT2D eigenvalue weighted by Crippen LogP contribution is -2.02. The van der Waals surface area contributed by atoms with Gasteiger partial charge in [-0.1, -0.05) is 30.3 Å². The summed E-state index contributed by atoms with van der Waals surface area (Å²) < 4.78 is 5.39. The molecule has 0 bridgehead atoms. The minimum Gasteiger partial charge on any atom is -0.422 e. The highest BCUT2D eigenvalue weighted by molar-refractivity contribution is 7.11. The highest BCUT2D eigenvalue weighted by Gasteiger charge is 2.16. The Labute approximate surface area is 195 Å². The van der Waals surface area contributed by atoms with Crippen LogP contribution in [0.25, 0.3) is 45.1 Å². The molecule has 0 saturated carbocycles. The van der Waals surface area contributed by atoms with Crippen molar-refractivity contribution in [1.82, 2.24) is 15.2 Å². The van der Waals surface area contributed by atoms with Crippen LogP contribution in [-0.4, -0.2) is 20.1 Å². The van der Waals surface area contributed by atoms with E-state index in [1.165, 1.54) is 29.7 Å². The fraction of sp³-hybridized carbons (Fsp3) is 0. The van der Waals surface area contributed by atoms with Crippen LogP contribution < -0.4 is 5.63 Å². The Hall–Kier alpha value is -4.88. The number of aromatic amines is 1. The summed E-state index contributed by atoms with van der Waals surface area (Å²) in [5.41, 5.74) is 2.55. The van der Waals surface area contributed by atoms with Crippen molar-refractivity contribution in [3.8, 4) is 28.6 Å². The second-order valence-corrected chi connectivity index (χ2v) is 8.06. The van der Waals surface area contributed by atoms with Crippen molar-refractivity contribution in [2.45, 2.75) is 0 Å². The number of nitro groups is 1. The summed E-state index contributed by atoms with van der Waals surface area (Å²) in [5, 5.41) is 30.6. The molecule has 0 aliphatic carbocycles. The van der Waals surface area contributed by atoms with E-state index in [1.807, 2.05) is 12.1 Å².